The highest BCUT2D eigenvalue weighted by atomic mass is 19.4. The van der Waals surface area contributed by atoms with Gasteiger partial charge in [-0.1, -0.05) is 6.92 Å². The van der Waals surface area contributed by atoms with Crippen molar-refractivity contribution in [3.63, 3.8) is 0 Å². The van der Waals surface area contributed by atoms with E-state index in [0.29, 0.717) is 0 Å². The number of rotatable bonds is 10. The van der Waals surface area contributed by atoms with E-state index in [4.69, 9.17) is 0 Å². The van der Waals surface area contributed by atoms with Gasteiger partial charge in [0.1, 0.15) is 0 Å². The molecule has 0 bridgehead atoms. The second-order valence-corrected chi connectivity index (χ2v) is 6.00. The molecule has 0 atom stereocenters. The lowest BCUT2D eigenvalue weighted by Gasteiger charge is -2.44. The van der Waals surface area contributed by atoms with Crippen LogP contribution < -0.4 is 0 Å². The Labute approximate surface area is 162 Å². The summed E-state index contributed by atoms with van der Waals surface area (Å²) in [5.74, 6) is -74.1. The number of halogens is 20. The summed E-state index contributed by atoms with van der Waals surface area (Å²) in [6.45, 7) is -0.157. The highest BCUT2D eigenvalue weighted by Crippen LogP contribution is 2.65. The predicted molar refractivity (Wildman–Crippen MR) is 60.8 cm³/mol. The molecule has 0 saturated heterocycles. The van der Waals surface area contributed by atoms with Crippen LogP contribution in [-0.2, 0) is 0 Å². The average molecular weight is 530 g/mol. The fraction of sp³-hybridized carbons (Fsp3) is 1.00. The molecule has 0 aliphatic rings. The molecular formula is C12H6F20. The van der Waals surface area contributed by atoms with Gasteiger partial charge in [-0.15, -0.1) is 0 Å². The zero-order chi connectivity index (χ0) is 26.8. The Balaban J connectivity index is 6.95. The second kappa shape index (κ2) is 7.56. The Hall–Kier alpha value is -1.40. The molecule has 0 aromatic carbocycles. The van der Waals surface area contributed by atoms with Gasteiger partial charge in [0.25, 0.3) is 0 Å². The molecule has 0 aromatic rings. The molecule has 20 heteroatoms. The van der Waals surface area contributed by atoms with Crippen molar-refractivity contribution in [1.29, 1.82) is 0 Å². The SMILES string of the molecule is CCC(F)(F)C(F)(F)C(F)(F)C(F)(F)C(F)(F)C(F)(F)C(F)(F)C(F)(F)C(F)(F)C(F)F. The molecule has 0 amide bonds. The first-order valence-electron chi connectivity index (χ1n) is 7.19. The lowest BCUT2D eigenvalue weighted by atomic mass is 9.86. The third-order valence-corrected chi connectivity index (χ3v) is 3.96. The molecule has 194 valence electrons. The van der Waals surface area contributed by atoms with E-state index in [9.17, 15) is 87.8 Å². The second-order valence-electron chi connectivity index (χ2n) is 6.00. The zero-order valence-corrected chi connectivity index (χ0v) is 14.3. The van der Waals surface area contributed by atoms with Crippen molar-refractivity contribution in [3.05, 3.63) is 0 Å². The zero-order valence-electron chi connectivity index (χ0n) is 14.3. The molecule has 0 rings (SSSR count). The fourth-order valence-corrected chi connectivity index (χ4v) is 1.78. The lowest BCUT2D eigenvalue weighted by Crippen LogP contribution is -2.76. The van der Waals surface area contributed by atoms with E-state index in [1.165, 1.54) is 0 Å². The van der Waals surface area contributed by atoms with Crippen LogP contribution in [0.5, 0.6) is 0 Å². The first-order chi connectivity index (χ1) is 13.5. The third kappa shape index (κ3) is 3.44. The molecule has 0 nitrogen and oxygen atoms in total. The Bertz CT molecular complexity index is 672. The molecule has 0 aliphatic heterocycles. The van der Waals surface area contributed by atoms with Gasteiger partial charge in [0.2, 0.25) is 0 Å². The molecule has 0 aliphatic carbocycles. The monoisotopic (exact) mass is 530 g/mol. The van der Waals surface area contributed by atoms with Gasteiger partial charge < -0.3 is 0 Å². The quantitative estimate of drug-likeness (QED) is 0.259. The van der Waals surface area contributed by atoms with Crippen LogP contribution in [0.25, 0.3) is 0 Å². The normalized spacial score (nSPS) is 16.7. The van der Waals surface area contributed by atoms with E-state index in [-0.39, 0.29) is 6.92 Å². The Kier molecular flexibility index (Phi) is 7.23. The maximum atomic E-state index is 13.3. The van der Waals surface area contributed by atoms with Crippen LogP contribution in [0.4, 0.5) is 87.8 Å². The smallest absolute Gasteiger partial charge is 0.203 e. The van der Waals surface area contributed by atoms with Crippen LogP contribution in [0.1, 0.15) is 13.3 Å². The summed E-state index contributed by atoms with van der Waals surface area (Å²) in [4.78, 5) is 0. The van der Waals surface area contributed by atoms with Crippen molar-refractivity contribution in [2.24, 2.45) is 0 Å². The summed E-state index contributed by atoms with van der Waals surface area (Å²) < 4.78 is 259. The van der Waals surface area contributed by atoms with Crippen molar-refractivity contribution in [1.82, 2.24) is 0 Å². The lowest BCUT2D eigenvalue weighted by molar-refractivity contribution is -0.465. The van der Waals surface area contributed by atoms with Gasteiger partial charge in [0.05, 0.1) is 0 Å². The van der Waals surface area contributed by atoms with Gasteiger partial charge >= 0.3 is 59.7 Å². The molecule has 32 heavy (non-hydrogen) atoms. The van der Waals surface area contributed by atoms with Gasteiger partial charge in [-0.2, -0.15) is 79.0 Å². The van der Waals surface area contributed by atoms with E-state index in [2.05, 4.69) is 0 Å². The molecule has 0 spiro atoms. The highest BCUT2D eigenvalue weighted by Gasteiger charge is 2.96. The minimum Gasteiger partial charge on any atom is -0.203 e. The van der Waals surface area contributed by atoms with E-state index < -0.39 is 66.1 Å². The standard InChI is InChI=1S/C12H6F20/c1-2-4(15,16)6(19,20)8(23,24)10(27,28)12(31,32)11(29,30)9(25,26)7(21,22)5(17,18)3(13)14/h3H,2H2,1H3. The summed E-state index contributed by atoms with van der Waals surface area (Å²) in [6, 6.07) is 0. The van der Waals surface area contributed by atoms with E-state index >= 15 is 0 Å². The van der Waals surface area contributed by atoms with Crippen LogP contribution >= 0.6 is 0 Å². The van der Waals surface area contributed by atoms with E-state index in [1.54, 1.807) is 0 Å². The third-order valence-electron chi connectivity index (χ3n) is 3.96. The number of alkyl halides is 20. The number of hydrogen-bond acceptors (Lipinski definition) is 0. The molecule has 0 heterocycles. The first kappa shape index (κ1) is 30.6. The molecular weight excluding hydrogens is 524 g/mol. The minimum absolute atomic E-state index is 0.157. The summed E-state index contributed by atoms with van der Waals surface area (Å²) in [5.41, 5.74) is 0. The molecule has 0 aromatic heterocycles. The maximum Gasteiger partial charge on any atom is 0.385 e. The summed E-state index contributed by atoms with van der Waals surface area (Å²) in [5, 5.41) is 0. The molecule has 0 unspecified atom stereocenters. The van der Waals surface area contributed by atoms with Crippen LogP contribution in [-0.4, -0.2) is 59.7 Å². The Morgan fingerprint density at radius 1 is 0.406 bits per heavy atom. The van der Waals surface area contributed by atoms with Gasteiger partial charge in [-0.05, 0) is 0 Å². The van der Waals surface area contributed by atoms with Gasteiger partial charge in [0.15, 0.2) is 0 Å². The molecule has 0 N–H and O–H groups in total. The predicted octanol–water partition coefficient (Wildman–Crippen LogP) is 7.38. The van der Waals surface area contributed by atoms with Gasteiger partial charge in [-0.3, -0.25) is 0 Å². The number of hydrogen-bond donors (Lipinski definition) is 0. The van der Waals surface area contributed by atoms with Gasteiger partial charge in [-0.25, -0.2) is 8.78 Å². The summed E-state index contributed by atoms with van der Waals surface area (Å²) in [6.07, 6.45) is -8.65. The molecule has 0 saturated carbocycles. The molecule has 0 fully saturated rings. The van der Waals surface area contributed by atoms with Crippen molar-refractivity contribution in [2.45, 2.75) is 73.1 Å². The van der Waals surface area contributed by atoms with E-state index in [0.717, 1.165) is 0 Å². The largest absolute Gasteiger partial charge is 0.385 e. The topological polar surface area (TPSA) is 0 Å². The van der Waals surface area contributed by atoms with Crippen molar-refractivity contribution in [3.8, 4) is 0 Å². The maximum absolute atomic E-state index is 13.3. The van der Waals surface area contributed by atoms with Crippen molar-refractivity contribution >= 4 is 0 Å². The van der Waals surface area contributed by atoms with Crippen molar-refractivity contribution in [2.75, 3.05) is 0 Å². The highest BCUT2D eigenvalue weighted by molar-refractivity contribution is 5.17. The first-order valence-corrected chi connectivity index (χ1v) is 7.19. The van der Waals surface area contributed by atoms with Crippen LogP contribution in [0.3, 0.4) is 0 Å². The summed E-state index contributed by atoms with van der Waals surface area (Å²) >= 11 is 0. The minimum atomic E-state index is -8.94. The van der Waals surface area contributed by atoms with Crippen LogP contribution in [0.15, 0.2) is 0 Å². The van der Waals surface area contributed by atoms with Gasteiger partial charge in [0, 0.05) is 6.42 Å². The Morgan fingerprint density at radius 3 is 0.844 bits per heavy atom. The molecule has 0 radical (unpaired) electrons. The van der Waals surface area contributed by atoms with Crippen LogP contribution in [0, 0.1) is 0 Å². The average Bonchev–Trinajstić information content (AvgIpc) is 2.59. The Morgan fingerprint density at radius 2 is 0.625 bits per heavy atom. The van der Waals surface area contributed by atoms with Crippen LogP contribution in [0.2, 0.25) is 0 Å². The van der Waals surface area contributed by atoms with E-state index in [1.807, 2.05) is 0 Å². The van der Waals surface area contributed by atoms with Crippen molar-refractivity contribution < 1.29 is 87.8 Å². The fourth-order valence-electron chi connectivity index (χ4n) is 1.78. The summed E-state index contributed by atoms with van der Waals surface area (Å²) in [7, 11) is 0.